The van der Waals surface area contributed by atoms with Crippen LogP contribution in [0.15, 0.2) is 53.3 Å². The lowest BCUT2D eigenvalue weighted by Gasteiger charge is -2.22. The van der Waals surface area contributed by atoms with Crippen molar-refractivity contribution in [2.75, 3.05) is 6.61 Å². The van der Waals surface area contributed by atoms with Gasteiger partial charge in [-0.2, -0.15) is 4.98 Å². The van der Waals surface area contributed by atoms with E-state index in [9.17, 15) is 4.79 Å². The van der Waals surface area contributed by atoms with Crippen molar-refractivity contribution in [2.24, 2.45) is 0 Å². The number of hydrogen-bond acceptors (Lipinski definition) is 6. The van der Waals surface area contributed by atoms with Gasteiger partial charge in [0, 0.05) is 29.6 Å². The Morgan fingerprint density at radius 1 is 1.28 bits per heavy atom. The zero-order chi connectivity index (χ0) is 20.4. The van der Waals surface area contributed by atoms with Gasteiger partial charge in [0.1, 0.15) is 0 Å². The van der Waals surface area contributed by atoms with Crippen LogP contribution >= 0.6 is 11.6 Å². The first-order valence-corrected chi connectivity index (χ1v) is 9.75. The number of pyridine rings is 1. The van der Waals surface area contributed by atoms with Crippen LogP contribution in [0.25, 0.3) is 0 Å². The first-order chi connectivity index (χ1) is 13.9. The lowest BCUT2D eigenvalue weighted by molar-refractivity contribution is 0.0907. The van der Waals surface area contributed by atoms with Crippen LogP contribution in [-0.2, 0) is 10.3 Å². The van der Waals surface area contributed by atoms with Crippen molar-refractivity contribution in [2.45, 2.75) is 37.8 Å². The summed E-state index contributed by atoms with van der Waals surface area (Å²) in [5.74, 6) is 0.581. The third kappa shape index (κ3) is 4.16. The molecule has 2 atom stereocenters. The number of ether oxygens (including phenoxy) is 1. The molecule has 1 aliphatic rings. The van der Waals surface area contributed by atoms with Crippen LogP contribution in [0.2, 0.25) is 5.02 Å². The molecule has 8 heteroatoms. The monoisotopic (exact) mass is 412 g/mol. The number of carbonyl (C=O) groups excluding carboxylic acids is 1. The maximum atomic E-state index is 12.6. The SMILES string of the molecule is CC(C)(NC(=O)c1cccc(Cl)c1)c1noc([C@H]2CCO[C@@H]2c2cccnc2)n1. The Balaban J connectivity index is 1.52. The zero-order valence-electron chi connectivity index (χ0n) is 16.1. The highest BCUT2D eigenvalue weighted by molar-refractivity contribution is 6.30. The highest BCUT2D eigenvalue weighted by Crippen LogP contribution is 2.41. The number of halogens is 1. The van der Waals surface area contributed by atoms with Crippen LogP contribution in [0.5, 0.6) is 0 Å². The average Bonchev–Trinajstić information content (AvgIpc) is 3.38. The van der Waals surface area contributed by atoms with Gasteiger partial charge in [0.25, 0.3) is 5.91 Å². The van der Waals surface area contributed by atoms with E-state index in [1.54, 1.807) is 36.7 Å². The van der Waals surface area contributed by atoms with Gasteiger partial charge in [-0.15, -0.1) is 0 Å². The van der Waals surface area contributed by atoms with E-state index in [4.69, 9.17) is 20.9 Å². The molecule has 1 amide bonds. The molecule has 2 aromatic heterocycles. The van der Waals surface area contributed by atoms with Crippen LogP contribution in [0.3, 0.4) is 0 Å². The standard InChI is InChI=1S/C21H21ClN4O3/c1-21(2,25-18(27)13-5-3-7-15(22)11-13)20-24-19(29-26-20)16-8-10-28-17(16)14-6-4-9-23-12-14/h3-7,9,11-12,16-17H,8,10H2,1-2H3,(H,25,27)/t16-,17+/m0/s1. The first kappa shape index (κ1) is 19.5. The number of benzene rings is 1. The van der Waals surface area contributed by atoms with Crippen molar-refractivity contribution in [3.63, 3.8) is 0 Å². The van der Waals surface area contributed by atoms with Gasteiger partial charge in [0.15, 0.2) is 5.82 Å². The van der Waals surface area contributed by atoms with E-state index >= 15 is 0 Å². The van der Waals surface area contributed by atoms with E-state index in [1.165, 1.54) is 0 Å². The second-order valence-corrected chi connectivity index (χ2v) is 7.96. The number of aromatic nitrogens is 3. The summed E-state index contributed by atoms with van der Waals surface area (Å²) in [5.41, 5.74) is 0.614. The highest BCUT2D eigenvalue weighted by Gasteiger charge is 2.37. The van der Waals surface area contributed by atoms with Crippen molar-refractivity contribution in [3.8, 4) is 0 Å². The molecule has 1 N–H and O–H groups in total. The summed E-state index contributed by atoms with van der Waals surface area (Å²) in [5, 5.41) is 7.57. The van der Waals surface area contributed by atoms with Gasteiger partial charge in [0.2, 0.25) is 5.89 Å². The van der Waals surface area contributed by atoms with Crippen molar-refractivity contribution in [3.05, 3.63) is 76.7 Å². The third-order valence-corrected chi connectivity index (χ3v) is 5.17. The number of rotatable bonds is 5. The molecule has 0 bridgehead atoms. The molecular formula is C21H21ClN4O3. The quantitative estimate of drug-likeness (QED) is 0.680. The molecule has 1 aromatic carbocycles. The minimum atomic E-state index is -0.829. The Bertz CT molecular complexity index is 1010. The van der Waals surface area contributed by atoms with Gasteiger partial charge >= 0.3 is 0 Å². The summed E-state index contributed by atoms with van der Waals surface area (Å²) in [7, 11) is 0. The van der Waals surface area contributed by atoms with Crippen LogP contribution < -0.4 is 5.32 Å². The molecule has 150 valence electrons. The van der Waals surface area contributed by atoms with E-state index in [0.29, 0.717) is 28.9 Å². The Kier molecular flexibility index (Phi) is 5.34. The molecule has 1 fully saturated rings. The van der Waals surface area contributed by atoms with Crippen LogP contribution in [-0.4, -0.2) is 27.6 Å². The molecule has 0 spiro atoms. The van der Waals surface area contributed by atoms with E-state index < -0.39 is 5.54 Å². The van der Waals surface area contributed by atoms with Gasteiger partial charge in [-0.05, 0) is 50.1 Å². The smallest absolute Gasteiger partial charge is 0.252 e. The largest absolute Gasteiger partial charge is 0.373 e. The summed E-state index contributed by atoms with van der Waals surface area (Å²) < 4.78 is 11.4. The lowest BCUT2D eigenvalue weighted by Crippen LogP contribution is -2.41. The average molecular weight is 413 g/mol. The van der Waals surface area contributed by atoms with E-state index in [1.807, 2.05) is 26.0 Å². The van der Waals surface area contributed by atoms with Gasteiger partial charge < -0.3 is 14.6 Å². The minimum Gasteiger partial charge on any atom is -0.373 e. The minimum absolute atomic E-state index is 0.0557. The Labute approximate surface area is 173 Å². The van der Waals surface area contributed by atoms with Crippen molar-refractivity contribution in [1.82, 2.24) is 20.4 Å². The number of amides is 1. The lowest BCUT2D eigenvalue weighted by atomic mass is 9.96. The zero-order valence-corrected chi connectivity index (χ0v) is 16.9. The molecule has 3 aromatic rings. The van der Waals surface area contributed by atoms with Gasteiger partial charge in [0.05, 0.1) is 17.6 Å². The molecule has 7 nitrogen and oxygen atoms in total. The molecular weight excluding hydrogens is 392 g/mol. The van der Waals surface area contributed by atoms with Gasteiger partial charge in [-0.1, -0.05) is 28.9 Å². The fourth-order valence-corrected chi connectivity index (χ4v) is 3.59. The third-order valence-electron chi connectivity index (χ3n) is 4.94. The van der Waals surface area contributed by atoms with Crippen LogP contribution in [0.4, 0.5) is 0 Å². The van der Waals surface area contributed by atoms with Crippen molar-refractivity contribution in [1.29, 1.82) is 0 Å². The molecule has 1 saturated heterocycles. The summed E-state index contributed by atoms with van der Waals surface area (Å²) in [4.78, 5) is 21.4. The molecule has 4 rings (SSSR count). The first-order valence-electron chi connectivity index (χ1n) is 9.38. The number of nitrogens with zero attached hydrogens (tertiary/aromatic N) is 3. The van der Waals surface area contributed by atoms with Crippen LogP contribution in [0.1, 0.15) is 59.9 Å². The van der Waals surface area contributed by atoms with Gasteiger partial charge in [-0.3, -0.25) is 9.78 Å². The van der Waals surface area contributed by atoms with Crippen molar-refractivity contribution >= 4 is 17.5 Å². The maximum Gasteiger partial charge on any atom is 0.252 e. The van der Waals surface area contributed by atoms with E-state index in [0.717, 1.165) is 12.0 Å². The fraction of sp³-hybridized carbons (Fsp3) is 0.333. The topological polar surface area (TPSA) is 90.1 Å². The normalized spacial score (nSPS) is 19.3. The number of nitrogens with one attached hydrogen (secondary N) is 1. The molecule has 29 heavy (non-hydrogen) atoms. The number of hydrogen-bond donors (Lipinski definition) is 1. The maximum absolute atomic E-state index is 12.6. The predicted octanol–water partition coefficient (Wildman–Crippen LogP) is 4.03. The Hall–Kier alpha value is -2.77. The predicted molar refractivity (Wildman–Crippen MR) is 107 cm³/mol. The molecule has 1 aliphatic heterocycles. The van der Waals surface area contributed by atoms with E-state index in [2.05, 4.69) is 20.4 Å². The Morgan fingerprint density at radius 2 is 2.14 bits per heavy atom. The number of carbonyl (C=O) groups is 1. The molecule has 0 aliphatic carbocycles. The molecule has 3 heterocycles. The molecule has 0 saturated carbocycles. The Morgan fingerprint density at radius 3 is 2.90 bits per heavy atom. The van der Waals surface area contributed by atoms with E-state index in [-0.39, 0.29) is 17.9 Å². The van der Waals surface area contributed by atoms with Crippen LogP contribution in [0, 0.1) is 0 Å². The summed E-state index contributed by atoms with van der Waals surface area (Å²) in [6, 6.07) is 10.6. The summed E-state index contributed by atoms with van der Waals surface area (Å²) >= 11 is 5.98. The van der Waals surface area contributed by atoms with Gasteiger partial charge in [-0.25, -0.2) is 0 Å². The molecule has 0 unspecified atom stereocenters. The summed E-state index contributed by atoms with van der Waals surface area (Å²) in [6.45, 7) is 4.26. The van der Waals surface area contributed by atoms with Crippen molar-refractivity contribution < 1.29 is 14.1 Å². The second kappa shape index (κ2) is 7.93. The second-order valence-electron chi connectivity index (χ2n) is 7.52. The highest BCUT2D eigenvalue weighted by atomic mass is 35.5. The molecule has 0 radical (unpaired) electrons. The summed E-state index contributed by atoms with van der Waals surface area (Å²) in [6.07, 6.45) is 4.11. The fourth-order valence-electron chi connectivity index (χ4n) is 3.40.